The quantitative estimate of drug-likeness (QED) is 0.170. The fraction of sp³-hybridized carbons (Fsp3) is 0.405. The first-order valence-electron chi connectivity index (χ1n) is 18.5. The molecule has 1 N–H and O–H groups in total. The topological polar surface area (TPSA) is 118 Å². The maximum Gasteiger partial charge on any atom is 0.408 e. The maximum absolute atomic E-state index is 13.0. The van der Waals surface area contributed by atoms with Gasteiger partial charge in [0.2, 0.25) is 9.84 Å². The zero-order valence-corrected chi connectivity index (χ0v) is 30.5. The first-order chi connectivity index (χ1) is 25.2. The van der Waals surface area contributed by atoms with Crippen molar-refractivity contribution < 1.29 is 18.3 Å². The minimum atomic E-state index is -3.58. The number of nitriles is 1. The molecule has 1 aromatic heterocycles. The lowest BCUT2D eigenvalue weighted by Gasteiger charge is -2.49. The highest BCUT2D eigenvalue weighted by Gasteiger charge is 2.54. The van der Waals surface area contributed by atoms with E-state index in [4.69, 9.17) is 0 Å². The zero-order chi connectivity index (χ0) is 36.3. The first-order valence-corrected chi connectivity index (χ1v) is 20.0. The molecule has 0 bridgehead atoms. The third-order valence-corrected chi connectivity index (χ3v) is 13.7. The van der Waals surface area contributed by atoms with Crippen LogP contribution in [0.2, 0.25) is 0 Å². The van der Waals surface area contributed by atoms with Gasteiger partial charge in [-0.15, -0.1) is 0 Å². The van der Waals surface area contributed by atoms with E-state index in [1.807, 2.05) is 67.6 Å². The zero-order valence-electron chi connectivity index (χ0n) is 29.7. The molecule has 4 aromatic rings. The molecule has 1 unspecified atom stereocenters. The Kier molecular flexibility index (Phi) is 10.4. The average Bonchev–Trinajstić information content (AvgIpc) is 3.64. The number of carboxylic acid groups (broad SMARTS) is 1. The van der Waals surface area contributed by atoms with Gasteiger partial charge in [0.05, 0.1) is 27.3 Å². The number of anilines is 1. The molecule has 2 aliphatic heterocycles. The molecule has 1 aliphatic carbocycles. The second-order valence-electron chi connectivity index (χ2n) is 14.8. The molecule has 3 aromatic carbocycles. The van der Waals surface area contributed by atoms with Gasteiger partial charge < -0.3 is 14.9 Å². The van der Waals surface area contributed by atoms with E-state index in [2.05, 4.69) is 33.0 Å². The summed E-state index contributed by atoms with van der Waals surface area (Å²) in [5, 5.41) is 21.9. The third-order valence-electron chi connectivity index (χ3n) is 12.0. The number of carbonyl (C=O) groups is 1. The van der Waals surface area contributed by atoms with Gasteiger partial charge in [0, 0.05) is 55.6 Å². The SMILES string of the molecule is C[C@@H](c1ccccc1)N(C(=O)O)[C@@H]1CCC[C@H]1C(C#N)(c1ccccc1)C1CCN(CC2CN(c3ccc(S(=O)(=O)c4ccncc4)cc3)C2)CC1. The van der Waals surface area contributed by atoms with Gasteiger partial charge in [0.1, 0.15) is 0 Å². The molecule has 7 rings (SSSR count). The Morgan fingerprint density at radius 3 is 2.13 bits per heavy atom. The maximum atomic E-state index is 13.0. The van der Waals surface area contributed by atoms with Crippen molar-refractivity contribution in [2.45, 2.75) is 66.3 Å². The molecule has 10 heteroatoms. The Morgan fingerprint density at radius 2 is 1.52 bits per heavy atom. The number of amides is 1. The third kappa shape index (κ3) is 6.80. The molecule has 3 fully saturated rings. The van der Waals surface area contributed by atoms with E-state index < -0.39 is 21.3 Å². The Labute approximate surface area is 307 Å². The summed E-state index contributed by atoms with van der Waals surface area (Å²) in [6.45, 7) is 6.59. The number of benzene rings is 3. The molecule has 1 amide bonds. The highest BCUT2D eigenvalue weighted by atomic mass is 32.2. The summed E-state index contributed by atoms with van der Waals surface area (Å²) in [6.07, 6.45) is 6.30. The molecule has 270 valence electrons. The lowest BCUT2D eigenvalue weighted by Crippen LogP contribution is -2.55. The van der Waals surface area contributed by atoms with Gasteiger partial charge in [-0.25, -0.2) is 13.2 Å². The summed E-state index contributed by atoms with van der Waals surface area (Å²) in [5.74, 6) is 0.517. The molecular formula is C42H47N5O4S. The number of piperidine rings is 1. The molecule has 3 aliphatic rings. The van der Waals surface area contributed by atoms with Crippen LogP contribution in [0.5, 0.6) is 0 Å². The van der Waals surface area contributed by atoms with Crippen molar-refractivity contribution in [1.82, 2.24) is 14.8 Å². The van der Waals surface area contributed by atoms with Gasteiger partial charge in [-0.2, -0.15) is 5.26 Å². The van der Waals surface area contributed by atoms with E-state index >= 15 is 0 Å². The average molecular weight is 718 g/mol. The number of nitrogens with zero attached hydrogens (tertiary/aromatic N) is 5. The molecule has 3 heterocycles. The van der Waals surface area contributed by atoms with Crippen LogP contribution in [0.1, 0.15) is 56.2 Å². The van der Waals surface area contributed by atoms with Crippen molar-refractivity contribution in [3.8, 4) is 6.07 Å². The number of rotatable bonds is 11. The van der Waals surface area contributed by atoms with Crippen molar-refractivity contribution in [3.63, 3.8) is 0 Å². The Hall–Kier alpha value is -4.72. The summed E-state index contributed by atoms with van der Waals surface area (Å²) >= 11 is 0. The number of pyridine rings is 1. The summed E-state index contributed by atoms with van der Waals surface area (Å²) in [7, 11) is -3.58. The summed E-state index contributed by atoms with van der Waals surface area (Å²) < 4.78 is 26.0. The highest BCUT2D eigenvalue weighted by Crippen LogP contribution is 2.52. The molecule has 52 heavy (non-hydrogen) atoms. The lowest BCUT2D eigenvalue weighted by atomic mass is 9.59. The lowest BCUT2D eigenvalue weighted by molar-refractivity contribution is 0.0495. The Balaban J connectivity index is 1.02. The van der Waals surface area contributed by atoms with E-state index in [-0.39, 0.29) is 33.7 Å². The monoisotopic (exact) mass is 717 g/mol. The fourth-order valence-corrected chi connectivity index (χ4v) is 10.6. The van der Waals surface area contributed by atoms with E-state index in [0.29, 0.717) is 5.92 Å². The number of hydrogen-bond donors (Lipinski definition) is 1. The van der Waals surface area contributed by atoms with Crippen LogP contribution < -0.4 is 4.90 Å². The number of likely N-dealkylation sites (tertiary alicyclic amines) is 1. The standard InChI is InChI=1S/C42H47N5O4S/c1-31(33-9-4-2-5-10-33)47(41(48)49)40-14-8-13-39(40)42(30-43,34-11-6-3-7-12-34)35-21-25-45(26-22-35)27-32-28-46(29-32)36-15-17-37(18-16-36)52(50,51)38-19-23-44-24-20-38/h2-7,9-12,15-20,23-24,31-32,35,39-40H,8,13-14,21-22,25-29H2,1H3,(H,48,49)/t31-,39+,40+,42?/m0/s1. The molecule has 1 saturated carbocycles. The highest BCUT2D eigenvalue weighted by molar-refractivity contribution is 7.91. The predicted octanol–water partition coefficient (Wildman–Crippen LogP) is 7.43. The summed E-state index contributed by atoms with van der Waals surface area (Å²) in [4.78, 5) is 23.9. The van der Waals surface area contributed by atoms with Crippen LogP contribution in [0.4, 0.5) is 10.5 Å². The van der Waals surface area contributed by atoms with Gasteiger partial charge >= 0.3 is 6.09 Å². The van der Waals surface area contributed by atoms with Crippen LogP contribution in [0.3, 0.4) is 0 Å². The second kappa shape index (κ2) is 15.1. The van der Waals surface area contributed by atoms with E-state index in [1.54, 1.807) is 17.0 Å². The van der Waals surface area contributed by atoms with Crippen molar-refractivity contribution in [2.24, 2.45) is 17.8 Å². The van der Waals surface area contributed by atoms with Gasteiger partial charge in [-0.05, 0) is 99.1 Å². The number of sulfone groups is 1. The van der Waals surface area contributed by atoms with Gasteiger partial charge in [0.25, 0.3) is 0 Å². The van der Waals surface area contributed by atoms with Crippen LogP contribution in [0.25, 0.3) is 0 Å². The molecule has 0 spiro atoms. The minimum Gasteiger partial charge on any atom is -0.465 e. The van der Waals surface area contributed by atoms with Crippen LogP contribution in [-0.4, -0.2) is 73.2 Å². The van der Waals surface area contributed by atoms with E-state index in [1.165, 1.54) is 24.5 Å². The normalized spacial score (nSPS) is 21.8. The van der Waals surface area contributed by atoms with Gasteiger partial charge in [-0.3, -0.25) is 9.88 Å². The first kappa shape index (κ1) is 35.7. The fourth-order valence-electron chi connectivity index (χ4n) is 9.32. The van der Waals surface area contributed by atoms with Crippen molar-refractivity contribution in [3.05, 3.63) is 121 Å². The smallest absolute Gasteiger partial charge is 0.408 e. The van der Waals surface area contributed by atoms with Crippen molar-refractivity contribution in [2.75, 3.05) is 37.6 Å². The number of aromatic nitrogens is 1. The molecule has 4 atom stereocenters. The van der Waals surface area contributed by atoms with E-state index in [0.717, 1.165) is 81.6 Å². The summed E-state index contributed by atoms with van der Waals surface area (Å²) in [6, 6.07) is 32.5. The van der Waals surface area contributed by atoms with Crippen LogP contribution >= 0.6 is 0 Å². The predicted molar refractivity (Wildman–Crippen MR) is 201 cm³/mol. The van der Waals surface area contributed by atoms with Crippen LogP contribution in [0, 0.1) is 29.1 Å². The molecule has 9 nitrogen and oxygen atoms in total. The Morgan fingerprint density at radius 1 is 0.904 bits per heavy atom. The number of hydrogen-bond acceptors (Lipinski definition) is 7. The molecular weight excluding hydrogens is 671 g/mol. The van der Waals surface area contributed by atoms with Crippen LogP contribution in [0.15, 0.2) is 119 Å². The van der Waals surface area contributed by atoms with Crippen molar-refractivity contribution >= 4 is 21.6 Å². The van der Waals surface area contributed by atoms with Gasteiger partial charge in [-0.1, -0.05) is 67.1 Å². The molecule has 2 saturated heterocycles. The minimum absolute atomic E-state index is 0.107. The second-order valence-corrected chi connectivity index (χ2v) is 16.7. The Bertz CT molecular complexity index is 1960. The van der Waals surface area contributed by atoms with Crippen molar-refractivity contribution in [1.29, 1.82) is 5.26 Å². The van der Waals surface area contributed by atoms with Gasteiger partial charge in [0.15, 0.2) is 0 Å². The van der Waals surface area contributed by atoms with Crippen LogP contribution in [-0.2, 0) is 15.3 Å². The largest absolute Gasteiger partial charge is 0.465 e. The van der Waals surface area contributed by atoms with E-state index in [9.17, 15) is 23.6 Å². The molecule has 0 radical (unpaired) electrons. The summed E-state index contributed by atoms with van der Waals surface area (Å²) in [5.41, 5.74) is 2.21.